The molecule has 0 saturated carbocycles. The van der Waals surface area contributed by atoms with E-state index < -0.39 is 23.6 Å². The Morgan fingerprint density at radius 2 is 0.846 bits per heavy atom. The van der Waals surface area contributed by atoms with Gasteiger partial charge in [0.1, 0.15) is 0 Å². The Kier molecular flexibility index (Phi) is 10.6. The molecule has 10 bridgehead atoms. The van der Waals surface area contributed by atoms with Crippen molar-refractivity contribution < 1.29 is 28.8 Å². The summed E-state index contributed by atoms with van der Waals surface area (Å²) in [6.45, 7) is 10.0. The summed E-state index contributed by atoms with van der Waals surface area (Å²) in [5, 5.41) is 6.74. The van der Waals surface area contributed by atoms with Crippen LogP contribution in [0, 0.1) is 0 Å². The summed E-state index contributed by atoms with van der Waals surface area (Å²) >= 11 is 0. The maximum absolute atomic E-state index is 13.7. The van der Waals surface area contributed by atoms with Crippen molar-refractivity contribution in [2.45, 2.75) is 51.9 Å². The number of benzene rings is 3. The molecule has 0 spiro atoms. The third kappa shape index (κ3) is 7.35. The Balaban J connectivity index is 1.22. The van der Waals surface area contributed by atoms with Crippen LogP contribution >= 0.6 is 0 Å². The summed E-state index contributed by atoms with van der Waals surface area (Å²) in [4.78, 5) is 87.9. The third-order valence-electron chi connectivity index (χ3n) is 10.2. The molecular formula is C40H48N6O6. The van der Waals surface area contributed by atoms with Gasteiger partial charge < -0.3 is 20.4 Å². The van der Waals surface area contributed by atoms with Crippen LogP contribution in [0.25, 0.3) is 10.8 Å². The van der Waals surface area contributed by atoms with Crippen molar-refractivity contribution in [1.82, 2.24) is 30.2 Å². The summed E-state index contributed by atoms with van der Waals surface area (Å²) < 4.78 is 0. The lowest BCUT2D eigenvalue weighted by Crippen LogP contribution is -2.44. The molecule has 0 saturated heterocycles. The molecule has 0 unspecified atom stereocenters. The van der Waals surface area contributed by atoms with Crippen LogP contribution < -0.4 is 10.6 Å². The second-order valence-corrected chi connectivity index (χ2v) is 15.2. The van der Waals surface area contributed by atoms with Gasteiger partial charge in [-0.2, -0.15) is 0 Å². The molecule has 6 heterocycles. The Labute approximate surface area is 304 Å². The van der Waals surface area contributed by atoms with Gasteiger partial charge in [0.15, 0.2) is 0 Å². The summed E-state index contributed by atoms with van der Waals surface area (Å²) in [6.07, 6.45) is 2.44. The van der Waals surface area contributed by atoms with Crippen molar-refractivity contribution in [3.8, 4) is 0 Å². The third-order valence-corrected chi connectivity index (χ3v) is 10.2. The van der Waals surface area contributed by atoms with E-state index >= 15 is 0 Å². The summed E-state index contributed by atoms with van der Waals surface area (Å²) in [5.74, 6) is -2.21. The van der Waals surface area contributed by atoms with E-state index in [1.165, 1.54) is 9.80 Å². The van der Waals surface area contributed by atoms with Crippen molar-refractivity contribution in [2.24, 2.45) is 0 Å². The van der Waals surface area contributed by atoms with Crippen LogP contribution in [0.1, 0.15) is 114 Å². The molecule has 0 atom stereocenters. The molecule has 12 nitrogen and oxygen atoms in total. The summed E-state index contributed by atoms with van der Waals surface area (Å²) in [6, 6.07) is 11.7. The van der Waals surface area contributed by atoms with E-state index in [-0.39, 0.29) is 30.3 Å². The van der Waals surface area contributed by atoms with Crippen LogP contribution in [0.2, 0.25) is 0 Å². The topological polar surface area (TPSA) is 139 Å². The maximum Gasteiger partial charge on any atom is 0.261 e. The first-order valence-corrected chi connectivity index (χ1v) is 18.2. The van der Waals surface area contributed by atoms with Crippen molar-refractivity contribution in [3.05, 3.63) is 81.4 Å². The minimum Gasteiger partial charge on any atom is -0.352 e. The predicted octanol–water partition coefficient (Wildman–Crippen LogP) is 3.93. The number of fused-ring (bicyclic) bond motifs is 2. The first-order chi connectivity index (χ1) is 24.8. The van der Waals surface area contributed by atoms with Gasteiger partial charge in [-0.25, -0.2) is 0 Å². The summed E-state index contributed by atoms with van der Waals surface area (Å²) in [5.41, 5.74) is 2.75. The van der Waals surface area contributed by atoms with Crippen LogP contribution in [0.4, 0.5) is 0 Å². The average molecular weight is 709 g/mol. The molecule has 0 aliphatic carbocycles. The SMILES string of the molecule is CN1CCCNC(=O)c2cc(cc(C(C)(C)C)c2)C(=O)NCCCN(C)CCCN2C(=O)c3ccc4c5c(ccc(c35)C2=O)C(=O)N(CCC1)C4=O. The fraction of sp³-hybridized carbons (Fsp3) is 0.450. The van der Waals surface area contributed by atoms with Gasteiger partial charge in [0.05, 0.1) is 0 Å². The molecule has 0 aromatic heterocycles. The fourth-order valence-electron chi connectivity index (χ4n) is 7.23. The van der Waals surface area contributed by atoms with Crippen molar-refractivity contribution in [1.29, 1.82) is 0 Å². The molecule has 6 aliphatic heterocycles. The summed E-state index contributed by atoms with van der Waals surface area (Å²) in [7, 11) is 3.90. The molecule has 3 aromatic carbocycles. The lowest BCUT2D eigenvalue weighted by atomic mass is 9.85. The van der Waals surface area contributed by atoms with Gasteiger partial charge in [-0.1, -0.05) is 20.8 Å². The van der Waals surface area contributed by atoms with E-state index in [4.69, 9.17) is 0 Å². The van der Waals surface area contributed by atoms with Crippen LogP contribution in [0.3, 0.4) is 0 Å². The number of hydrogen-bond donors (Lipinski definition) is 2. The number of nitrogens with one attached hydrogen (secondary N) is 2. The van der Waals surface area contributed by atoms with Gasteiger partial charge in [-0.3, -0.25) is 38.6 Å². The number of carbonyl (C=O) groups excluding carboxylic acids is 6. The molecule has 0 radical (unpaired) electrons. The van der Waals surface area contributed by atoms with Gasteiger partial charge in [0.25, 0.3) is 35.4 Å². The monoisotopic (exact) mass is 708 g/mol. The largest absolute Gasteiger partial charge is 0.352 e. The molecule has 3 aromatic rings. The van der Waals surface area contributed by atoms with Crippen LogP contribution in [0.15, 0.2) is 42.5 Å². The van der Waals surface area contributed by atoms with Crippen LogP contribution in [-0.4, -0.2) is 121 Å². The Bertz CT molecular complexity index is 1770. The molecular weight excluding hydrogens is 660 g/mol. The highest BCUT2D eigenvalue weighted by Gasteiger charge is 2.39. The highest BCUT2D eigenvalue weighted by atomic mass is 16.2. The highest BCUT2D eigenvalue weighted by Crippen LogP contribution is 2.38. The van der Waals surface area contributed by atoms with Crippen molar-refractivity contribution in [2.75, 3.05) is 66.5 Å². The molecule has 6 aliphatic rings. The molecule has 9 rings (SSSR count). The van der Waals surface area contributed by atoms with E-state index in [0.29, 0.717) is 109 Å². The van der Waals surface area contributed by atoms with E-state index in [1.54, 1.807) is 30.3 Å². The normalized spacial score (nSPS) is 19.4. The van der Waals surface area contributed by atoms with Gasteiger partial charge in [-0.15, -0.1) is 0 Å². The average Bonchev–Trinajstić information content (AvgIpc) is 3.11. The first-order valence-electron chi connectivity index (χ1n) is 18.2. The molecule has 2 N–H and O–H groups in total. The lowest BCUT2D eigenvalue weighted by Gasteiger charge is -2.32. The Morgan fingerprint density at radius 3 is 1.19 bits per heavy atom. The van der Waals surface area contributed by atoms with Gasteiger partial charge in [0.2, 0.25) is 0 Å². The Morgan fingerprint density at radius 1 is 0.500 bits per heavy atom. The van der Waals surface area contributed by atoms with E-state index in [2.05, 4.69) is 20.4 Å². The number of imide groups is 2. The maximum atomic E-state index is 13.7. The second-order valence-electron chi connectivity index (χ2n) is 15.2. The molecule has 6 amide bonds. The Hall–Kier alpha value is -4.94. The number of hydrogen-bond acceptors (Lipinski definition) is 8. The number of amides is 6. The molecule has 12 heteroatoms. The second kappa shape index (κ2) is 15.0. The smallest absolute Gasteiger partial charge is 0.261 e. The zero-order valence-electron chi connectivity index (χ0n) is 30.8. The van der Waals surface area contributed by atoms with E-state index in [1.807, 2.05) is 47.0 Å². The van der Waals surface area contributed by atoms with Crippen LogP contribution in [-0.2, 0) is 5.41 Å². The molecule has 52 heavy (non-hydrogen) atoms. The van der Waals surface area contributed by atoms with Gasteiger partial charge in [-0.05, 0) is 119 Å². The molecule has 0 fully saturated rings. The lowest BCUT2D eigenvalue weighted by molar-refractivity contribution is 0.0583. The van der Waals surface area contributed by atoms with Gasteiger partial charge in [0, 0.05) is 70.3 Å². The highest BCUT2D eigenvalue weighted by molar-refractivity contribution is 6.33. The van der Waals surface area contributed by atoms with E-state index in [9.17, 15) is 28.8 Å². The number of carbonyl (C=O) groups is 6. The first kappa shape index (κ1) is 36.8. The van der Waals surface area contributed by atoms with Crippen molar-refractivity contribution in [3.63, 3.8) is 0 Å². The minimum atomic E-state index is -0.434. The minimum absolute atomic E-state index is 0.212. The zero-order valence-corrected chi connectivity index (χ0v) is 30.8. The molecule has 274 valence electrons. The standard InChI is InChI=1S/C40H48N6O6/c1-40(2,3)27-23-25-22-26(24-27)35(48)42-15-7-17-44(5)19-9-21-46-38(51)30-12-10-28-32-29(11-13-31(33(30)32)39(46)52)37(50)45(36(28)49)20-8-18-43(4)16-6-14-41-34(25)47/h10-13,22-24H,6-9,14-21H2,1-5H3,(H,41,47)(H,42,48). The zero-order chi connectivity index (χ0) is 37.3. The predicted molar refractivity (Wildman–Crippen MR) is 198 cm³/mol. The van der Waals surface area contributed by atoms with Crippen molar-refractivity contribution >= 4 is 46.2 Å². The fourth-order valence-corrected chi connectivity index (χ4v) is 7.23. The van der Waals surface area contributed by atoms with E-state index in [0.717, 1.165) is 5.56 Å². The number of nitrogens with zero attached hydrogens (tertiary/aromatic N) is 4. The quantitative estimate of drug-likeness (QED) is 0.335. The van der Waals surface area contributed by atoms with Gasteiger partial charge >= 0.3 is 0 Å². The van der Waals surface area contributed by atoms with Crippen LogP contribution in [0.5, 0.6) is 0 Å². The number of rotatable bonds is 0.